The monoisotopic (exact) mass is 302 g/mol. The fourth-order valence-corrected chi connectivity index (χ4v) is 3.92. The first-order valence-corrected chi connectivity index (χ1v) is 7.86. The number of amides is 1. The Kier molecular flexibility index (Phi) is 4.16. The number of nitrogens with one attached hydrogen (secondary N) is 1. The van der Waals surface area contributed by atoms with E-state index in [4.69, 9.17) is 0 Å². The molecule has 2 N–H and O–H groups in total. The van der Waals surface area contributed by atoms with Crippen LogP contribution in [0.25, 0.3) is 0 Å². The molecule has 1 aromatic carbocycles. The summed E-state index contributed by atoms with van der Waals surface area (Å²) in [6.07, 6.45) is 2.70. The third-order valence-corrected chi connectivity index (χ3v) is 5.07. The molecule has 1 saturated carbocycles. The zero-order chi connectivity index (χ0) is 15.6. The van der Waals surface area contributed by atoms with E-state index in [1.807, 2.05) is 35.2 Å². The van der Waals surface area contributed by atoms with Crippen LogP contribution in [-0.4, -0.2) is 41.5 Å². The number of hydrogen-bond donors (Lipinski definition) is 2. The summed E-state index contributed by atoms with van der Waals surface area (Å²) in [4.78, 5) is 25.7. The normalized spacial score (nSPS) is 27.5. The molecule has 22 heavy (non-hydrogen) atoms. The second-order valence-electron chi connectivity index (χ2n) is 6.48. The molecule has 0 radical (unpaired) electrons. The van der Waals surface area contributed by atoms with Gasteiger partial charge in [0.05, 0.1) is 12.0 Å². The number of carboxylic acids is 1. The van der Waals surface area contributed by atoms with Crippen molar-refractivity contribution in [2.45, 2.75) is 25.8 Å². The van der Waals surface area contributed by atoms with Crippen molar-refractivity contribution in [2.24, 2.45) is 11.3 Å². The van der Waals surface area contributed by atoms with E-state index >= 15 is 0 Å². The Morgan fingerprint density at radius 1 is 1.32 bits per heavy atom. The first-order chi connectivity index (χ1) is 10.6. The second-order valence-corrected chi connectivity index (χ2v) is 6.48. The Morgan fingerprint density at radius 3 is 2.77 bits per heavy atom. The molecule has 2 atom stereocenters. The molecule has 1 amide bonds. The van der Waals surface area contributed by atoms with Crippen molar-refractivity contribution in [3.63, 3.8) is 0 Å². The summed E-state index contributed by atoms with van der Waals surface area (Å²) in [6, 6.07) is 9.78. The number of carbonyl (C=O) groups is 2. The molecule has 0 spiro atoms. The van der Waals surface area contributed by atoms with E-state index in [1.165, 1.54) is 0 Å². The largest absolute Gasteiger partial charge is 0.481 e. The summed E-state index contributed by atoms with van der Waals surface area (Å²) in [5.74, 6) is -0.529. The van der Waals surface area contributed by atoms with Gasteiger partial charge in [-0.3, -0.25) is 14.5 Å². The van der Waals surface area contributed by atoms with E-state index in [0.29, 0.717) is 19.6 Å². The van der Waals surface area contributed by atoms with Crippen molar-refractivity contribution >= 4 is 11.9 Å². The Hall–Kier alpha value is -1.88. The van der Waals surface area contributed by atoms with E-state index < -0.39 is 11.4 Å². The quantitative estimate of drug-likeness (QED) is 0.864. The molecule has 0 aromatic heterocycles. The lowest BCUT2D eigenvalue weighted by Gasteiger charge is -2.23. The summed E-state index contributed by atoms with van der Waals surface area (Å²) < 4.78 is 0. The van der Waals surface area contributed by atoms with Crippen molar-refractivity contribution < 1.29 is 14.7 Å². The van der Waals surface area contributed by atoms with Gasteiger partial charge in [-0.25, -0.2) is 0 Å². The van der Waals surface area contributed by atoms with Crippen LogP contribution in [0.15, 0.2) is 30.3 Å². The van der Waals surface area contributed by atoms with Crippen molar-refractivity contribution in [3.05, 3.63) is 35.9 Å². The van der Waals surface area contributed by atoms with Gasteiger partial charge in [-0.15, -0.1) is 0 Å². The third kappa shape index (κ3) is 2.86. The van der Waals surface area contributed by atoms with Crippen molar-refractivity contribution in [1.29, 1.82) is 0 Å². The lowest BCUT2D eigenvalue weighted by molar-refractivity contribution is -0.149. The van der Waals surface area contributed by atoms with Gasteiger partial charge in [0.1, 0.15) is 0 Å². The first-order valence-electron chi connectivity index (χ1n) is 7.86. The molecule has 5 heteroatoms. The SMILES string of the molecule is O=C(CN1C[C@@H]2CCC[C@@]2(C(=O)O)C1)NCc1ccccc1. The van der Waals surface area contributed by atoms with Crippen molar-refractivity contribution in [2.75, 3.05) is 19.6 Å². The van der Waals surface area contributed by atoms with Gasteiger partial charge in [0.25, 0.3) is 0 Å². The van der Waals surface area contributed by atoms with Crippen LogP contribution in [0.2, 0.25) is 0 Å². The molecule has 0 unspecified atom stereocenters. The predicted molar refractivity (Wildman–Crippen MR) is 82.1 cm³/mol. The van der Waals surface area contributed by atoms with Gasteiger partial charge in [0.2, 0.25) is 5.91 Å². The lowest BCUT2D eigenvalue weighted by Crippen LogP contribution is -2.39. The standard InChI is InChI=1S/C17H22N2O3/c20-15(18-9-13-5-2-1-3-6-13)11-19-10-14-7-4-8-17(14,12-19)16(21)22/h1-3,5-6,14H,4,7-12H2,(H,18,20)(H,21,22)/t14-,17+/m0/s1. The number of fused-ring (bicyclic) bond motifs is 1. The minimum absolute atomic E-state index is 0.0376. The molecular formula is C17H22N2O3. The molecule has 118 valence electrons. The minimum atomic E-state index is -0.692. The fourth-order valence-electron chi connectivity index (χ4n) is 3.92. The number of hydrogen-bond acceptors (Lipinski definition) is 3. The van der Waals surface area contributed by atoms with Crippen LogP contribution in [-0.2, 0) is 16.1 Å². The van der Waals surface area contributed by atoms with Gasteiger partial charge in [0.15, 0.2) is 0 Å². The van der Waals surface area contributed by atoms with E-state index in [-0.39, 0.29) is 11.8 Å². The predicted octanol–water partition coefficient (Wildman–Crippen LogP) is 1.49. The van der Waals surface area contributed by atoms with Gasteiger partial charge < -0.3 is 10.4 Å². The number of likely N-dealkylation sites (tertiary alicyclic amines) is 1. The Bertz CT molecular complexity index is 560. The topological polar surface area (TPSA) is 69.6 Å². The molecular weight excluding hydrogens is 280 g/mol. The Labute approximate surface area is 130 Å². The number of aliphatic carboxylic acids is 1. The van der Waals surface area contributed by atoms with Gasteiger partial charge >= 0.3 is 5.97 Å². The molecule has 1 aliphatic heterocycles. The smallest absolute Gasteiger partial charge is 0.311 e. The van der Waals surface area contributed by atoms with E-state index in [1.54, 1.807) is 0 Å². The Morgan fingerprint density at radius 2 is 2.09 bits per heavy atom. The number of nitrogens with zero attached hydrogens (tertiary/aromatic N) is 1. The summed E-state index contributed by atoms with van der Waals surface area (Å²) in [5.41, 5.74) is 0.454. The van der Waals surface area contributed by atoms with Crippen LogP contribution in [0.1, 0.15) is 24.8 Å². The van der Waals surface area contributed by atoms with Crippen LogP contribution in [0, 0.1) is 11.3 Å². The van der Waals surface area contributed by atoms with Crippen LogP contribution in [0.4, 0.5) is 0 Å². The molecule has 3 rings (SSSR count). The third-order valence-electron chi connectivity index (χ3n) is 5.07. The minimum Gasteiger partial charge on any atom is -0.481 e. The van der Waals surface area contributed by atoms with Crippen LogP contribution < -0.4 is 5.32 Å². The van der Waals surface area contributed by atoms with Crippen molar-refractivity contribution in [3.8, 4) is 0 Å². The van der Waals surface area contributed by atoms with E-state index in [2.05, 4.69) is 5.32 Å². The average Bonchev–Trinajstić information content (AvgIpc) is 3.04. The highest BCUT2D eigenvalue weighted by Crippen LogP contribution is 2.48. The van der Waals surface area contributed by atoms with Crippen LogP contribution in [0.5, 0.6) is 0 Å². The molecule has 1 heterocycles. The zero-order valence-corrected chi connectivity index (χ0v) is 12.6. The molecule has 1 saturated heterocycles. The molecule has 1 aromatic rings. The van der Waals surface area contributed by atoms with Crippen molar-refractivity contribution in [1.82, 2.24) is 10.2 Å². The molecule has 1 aliphatic carbocycles. The van der Waals surface area contributed by atoms with Crippen LogP contribution >= 0.6 is 0 Å². The second kappa shape index (κ2) is 6.08. The summed E-state index contributed by atoms with van der Waals surface area (Å²) in [5, 5.41) is 12.5. The highest BCUT2D eigenvalue weighted by molar-refractivity contribution is 5.79. The van der Waals surface area contributed by atoms with Gasteiger partial charge in [0, 0.05) is 19.6 Å². The fraction of sp³-hybridized carbons (Fsp3) is 0.529. The highest BCUT2D eigenvalue weighted by atomic mass is 16.4. The van der Waals surface area contributed by atoms with E-state index in [9.17, 15) is 14.7 Å². The molecule has 2 fully saturated rings. The first kappa shape index (κ1) is 15.0. The average molecular weight is 302 g/mol. The molecule has 2 aliphatic rings. The zero-order valence-electron chi connectivity index (χ0n) is 12.6. The van der Waals surface area contributed by atoms with E-state index in [0.717, 1.165) is 31.4 Å². The maximum Gasteiger partial charge on any atom is 0.311 e. The molecule has 5 nitrogen and oxygen atoms in total. The number of carbonyl (C=O) groups excluding carboxylic acids is 1. The summed E-state index contributed by atoms with van der Waals surface area (Å²) in [6.45, 7) is 2.04. The summed E-state index contributed by atoms with van der Waals surface area (Å²) >= 11 is 0. The molecule has 0 bridgehead atoms. The van der Waals surface area contributed by atoms with Gasteiger partial charge in [-0.05, 0) is 24.3 Å². The highest BCUT2D eigenvalue weighted by Gasteiger charge is 2.54. The summed E-state index contributed by atoms with van der Waals surface area (Å²) in [7, 11) is 0. The Balaban J connectivity index is 1.52. The number of carboxylic acid groups (broad SMARTS) is 1. The van der Waals surface area contributed by atoms with Crippen LogP contribution in [0.3, 0.4) is 0 Å². The number of rotatable bonds is 5. The van der Waals surface area contributed by atoms with Gasteiger partial charge in [-0.1, -0.05) is 36.8 Å². The van der Waals surface area contributed by atoms with Gasteiger partial charge in [-0.2, -0.15) is 0 Å². The maximum atomic E-state index is 12.1. The lowest BCUT2D eigenvalue weighted by atomic mass is 9.81. The number of benzene rings is 1. The maximum absolute atomic E-state index is 12.1.